The molecule has 1 N–H and O–H groups in total. The van der Waals surface area contributed by atoms with E-state index in [1.807, 2.05) is 0 Å². The van der Waals surface area contributed by atoms with Gasteiger partial charge in [0.25, 0.3) is 17.7 Å². The van der Waals surface area contributed by atoms with Crippen LogP contribution in [0.5, 0.6) is 11.8 Å². The SMILES string of the molecule is COc1nc2cc(Cl)c(Cl)c(N(c3noc(=O)[nH]3)S(C)(=O)=O)c2nc1OC. The van der Waals surface area contributed by atoms with Crippen molar-refractivity contribution in [2.45, 2.75) is 0 Å². The van der Waals surface area contributed by atoms with E-state index >= 15 is 0 Å². The van der Waals surface area contributed by atoms with Crippen molar-refractivity contribution >= 4 is 55.9 Å². The second-order valence-corrected chi connectivity index (χ2v) is 7.69. The molecule has 0 unspecified atom stereocenters. The zero-order valence-electron chi connectivity index (χ0n) is 14.0. The van der Waals surface area contributed by atoms with Crippen LogP contribution in [-0.2, 0) is 10.0 Å². The summed E-state index contributed by atoms with van der Waals surface area (Å²) in [5, 5.41) is 3.23. The molecule has 2 heterocycles. The van der Waals surface area contributed by atoms with Crippen molar-refractivity contribution < 1.29 is 22.4 Å². The van der Waals surface area contributed by atoms with Gasteiger partial charge >= 0.3 is 5.76 Å². The van der Waals surface area contributed by atoms with Crippen LogP contribution in [0, 0.1) is 0 Å². The summed E-state index contributed by atoms with van der Waals surface area (Å²) in [5.74, 6) is -1.38. The lowest BCUT2D eigenvalue weighted by molar-refractivity contribution is 0.334. The molecule has 0 aliphatic heterocycles. The van der Waals surface area contributed by atoms with Crippen LogP contribution in [0.4, 0.5) is 11.6 Å². The number of rotatable bonds is 5. The molecule has 0 radical (unpaired) electrons. The van der Waals surface area contributed by atoms with Crippen molar-refractivity contribution in [3.63, 3.8) is 0 Å². The Bertz CT molecular complexity index is 1190. The zero-order valence-corrected chi connectivity index (χ0v) is 16.3. The van der Waals surface area contributed by atoms with Crippen LogP contribution in [0.15, 0.2) is 15.4 Å². The van der Waals surface area contributed by atoms with Gasteiger partial charge in [0, 0.05) is 0 Å². The second-order valence-electron chi connectivity index (χ2n) is 5.08. The lowest BCUT2D eigenvalue weighted by atomic mass is 10.2. The van der Waals surface area contributed by atoms with Crippen molar-refractivity contribution in [3.05, 3.63) is 26.7 Å². The van der Waals surface area contributed by atoms with Crippen LogP contribution in [0.2, 0.25) is 10.0 Å². The predicted octanol–water partition coefficient (Wildman–Crippen LogP) is 1.73. The third-order valence-electron chi connectivity index (χ3n) is 3.31. The molecule has 144 valence electrons. The third kappa shape index (κ3) is 3.38. The molecular weight excluding hydrogens is 425 g/mol. The van der Waals surface area contributed by atoms with Crippen LogP contribution in [-0.4, -0.2) is 49.0 Å². The minimum atomic E-state index is -4.07. The Morgan fingerprint density at radius 2 is 1.81 bits per heavy atom. The number of benzene rings is 1. The third-order valence-corrected chi connectivity index (χ3v) is 5.11. The molecule has 0 spiro atoms. The van der Waals surface area contributed by atoms with Gasteiger partial charge in [-0.25, -0.2) is 27.5 Å². The van der Waals surface area contributed by atoms with Gasteiger partial charge in [0.1, 0.15) is 11.2 Å². The summed E-state index contributed by atoms with van der Waals surface area (Å²) in [4.78, 5) is 21.9. The summed E-state index contributed by atoms with van der Waals surface area (Å²) in [6.45, 7) is 0. The second kappa shape index (κ2) is 6.87. The number of methoxy groups -OCH3 is 2. The summed E-state index contributed by atoms with van der Waals surface area (Å²) < 4.78 is 40.1. The molecule has 0 bridgehead atoms. The average molecular weight is 436 g/mol. The van der Waals surface area contributed by atoms with Gasteiger partial charge < -0.3 is 9.47 Å². The number of sulfonamides is 1. The molecule has 0 fully saturated rings. The van der Waals surface area contributed by atoms with E-state index in [4.69, 9.17) is 32.7 Å². The number of fused-ring (bicyclic) bond motifs is 1. The Kier molecular flexibility index (Phi) is 4.88. The van der Waals surface area contributed by atoms with Gasteiger partial charge in [-0.2, -0.15) is 0 Å². The first-order valence-electron chi connectivity index (χ1n) is 7.01. The van der Waals surface area contributed by atoms with Gasteiger partial charge in [0.2, 0.25) is 10.0 Å². The minimum absolute atomic E-state index is 0.0105. The first kappa shape index (κ1) is 19.2. The van der Waals surface area contributed by atoms with E-state index in [0.717, 1.165) is 6.26 Å². The summed E-state index contributed by atoms with van der Waals surface area (Å²) in [6, 6.07) is 1.38. The number of halogens is 2. The maximum absolute atomic E-state index is 12.4. The van der Waals surface area contributed by atoms with Gasteiger partial charge in [-0.3, -0.25) is 9.51 Å². The Labute approximate surface area is 161 Å². The highest BCUT2D eigenvalue weighted by atomic mass is 35.5. The van der Waals surface area contributed by atoms with Crippen LogP contribution >= 0.6 is 23.2 Å². The van der Waals surface area contributed by atoms with E-state index in [0.29, 0.717) is 4.31 Å². The van der Waals surface area contributed by atoms with Crippen molar-refractivity contribution in [2.75, 3.05) is 24.8 Å². The maximum Gasteiger partial charge on any atom is 0.440 e. The molecule has 0 saturated heterocycles. The average Bonchev–Trinajstić information content (AvgIpc) is 3.02. The number of anilines is 2. The number of H-pyrrole nitrogens is 1. The Morgan fingerprint density at radius 3 is 2.33 bits per heavy atom. The molecule has 0 saturated carbocycles. The largest absolute Gasteiger partial charge is 0.477 e. The summed E-state index contributed by atoms with van der Waals surface area (Å²) in [6.07, 6.45) is 0.872. The molecule has 3 aromatic rings. The fraction of sp³-hybridized carbons (Fsp3) is 0.231. The van der Waals surface area contributed by atoms with Gasteiger partial charge in [-0.15, -0.1) is 0 Å². The molecule has 2 aromatic heterocycles. The number of aromatic amines is 1. The molecule has 14 heteroatoms. The highest BCUT2D eigenvalue weighted by molar-refractivity contribution is 7.92. The maximum atomic E-state index is 12.4. The number of aromatic nitrogens is 4. The molecular formula is C13H11Cl2N5O6S. The van der Waals surface area contributed by atoms with Crippen LogP contribution < -0.4 is 19.5 Å². The number of ether oxygens (including phenoxy) is 2. The number of nitrogens with one attached hydrogen (secondary N) is 1. The summed E-state index contributed by atoms with van der Waals surface area (Å²) in [7, 11) is -1.37. The van der Waals surface area contributed by atoms with Gasteiger partial charge in [0.15, 0.2) is 0 Å². The highest BCUT2D eigenvalue weighted by Crippen LogP contribution is 2.43. The molecule has 1 aromatic carbocycles. The van der Waals surface area contributed by atoms with Crippen LogP contribution in [0.1, 0.15) is 0 Å². The first-order valence-corrected chi connectivity index (χ1v) is 9.61. The van der Waals surface area contributed by atoms with Crippen LogP contribution in [0.3, 0.4) is 0 Å². The number of hydrogen-bond acceptors (Lipinski definition) is 9. The predicted molar refractivity (Wildman–Crippen MR) is 96.8 cm³/mol. The lowest BCUT2D eigenvalue weighted by Crippen LogP contribution is -2.27. The summed E-state index contributed by atoms with van der Waals surface area (Å²) in [5.41, 5.74) is -0.0208. The summed E-state index contributed by atoms with van der Waals surface area (Å²) >= 11 is 12.4. The van der Waals surface area contributed by atoms with E-state index in [1.165, 1.54) is 20.3 Å². The minimum Gasteiger partial charge on any atom is -0.477 e. The lowest BCUT2D eigenvalue weighted by Gasteiger charge is -2.21. The molecule has 0 aliphatic carbocycles. The van der Waals surface area contributed by atoms with Crippen molar-refractivity contribution in [1.29, 1.82) is 0 Å². The van der Waals surface area contributed by atoms with E-state index in [-0.39, 0.29) is 38.5 Å². The first-order chi connectivity index (χ1) is 12.7. The van der Waals surface area contributed by atoms with Gasteiger partial charge in [0.05, 0.1) is 36.0 Å². The molecule has 0 aliphatic rings. The Hall–Kier alpha value is -2.57. The van der Waals surface area contributed by atoms with Gasteiger partial charge in [-0.05, 0) is 11.2 Å². The van der Waals surface area contributed by atoms with Crippen molar-refractivity contribution in [2.24, 2.45) is 0 Å². The Balaban J connectivity index is 2.46. The normalized spacial score (nSPS) is 11.6. The van der Waals surface area contributed by atoms with Crippen molar-refractivity contribution in [1.82, 2.24) is 20.1 Å². The standard InChI is InChI=1S/C13H11Cl2N5O6S/c1-24-10-11(25-2)17-8-6(16-10)4-5(14)7(15)9(8)20(27(3,22)23)12-18-13(21)26-19-12/h4H,1-3H3,(H,18,19,21). The monoisotopic (exact) mass is 435 g/mol. The number of nitrogens with zero attached hydrogens (tertiary/aromatic N) is 4. The molecule has 27 heavy (non-hydrogen) atoms. The van der Waals surface area contributed by atoms with Crippen molar-refractivity contribution in [3.8, 4) is 11.8 Å². The smallest absolute Gasteiger partial charge is 0.440 e. The van der Waals surface area contributed by atoms with E-state index in [9.17, 15) is 13.2 Å². The Morgan fingerprint density at radius 1 is 1.19 bits per heavy atom. The fourth-order valence-corrected chi connectivity index (χ4v) is 3.66. The highest BCUT2D eigenvalue weighted by Gasteiger charge is 2.31. The quantitative estimate of drug-likeness (QED) is 0.633. The molecule has 0 amide bonds. The topological polar surface area (TPSA) is 141 Å². The molecule has 3 rings (SSSR count). The molecule has 11 nitrogen and oxygen atoms in total. The van der Waals surface area contributed by atoms with E-state index in [1.54, 1.807) is 0 Å². The van der Waals surface area contributed by atoms with E-state index in [2.05, 4.69) is 24.6 Å². The molecule has 0 atom stereocenters. The van der Waals surface area contributed by atoms with Gasteiger partial charge in [-0.1, -0.05) is 23.2 Å². The number of hydrogen-bond donors (Lipinski definition) is 1. The fourth-order valence-electron chi connectivity index (χ4n) is 2.28. The zero-order chi connectivity index (χ0) is 19.9. The van der Waals surface area contributed by atoms with Crippen LogP contribution in [0.25, 0.3) is 11.0 Å². The van der Waals surface area contributed by atoms with E-state index < -0.39 is 21.7 Å².